The van der Waals surface area contributed by atoms with Gasteiger partial charge in [-0.15, -0.1) is 0 Å². The molecule has 5 nitrogen and oxygen atoms in total. The molecule has 1 aromatic rings. The van der Waals surface area contributed by atoms with Crippen LogP contribution >= 0.6 is 11.6 Å². The summed E-state index contributed by atoms with van der Waals surface area (Å²) < 4.78 is 29.8. The minimum atomic E-state index is -3.61. The third kappa shape index (κ3) is 2.91. The number of sulfone groups is 1. The molecule has 0 radical (unpaired) electrons. The van der Waals surface area contributed by atoms with E-state index in [1.807, 2.05) is 0 Å². The molecule has 7 heteroatoms. The van der Waals surface area contributed by atoms with Gasteiger partial charge in [-0.3, -0.25) is 0 Å². The molecule has 20 heavy (non-hydrogen) atoms. The van der Waals surface area contributed by atoms with E-state index in [0.717, 1.165) is 19.3 Å². The minimum Gasteiger partial charge on any atom is -0.494 e. The zero-order valence-corrected chi connectivity index (χ0v) is 12.5. The molecule has 0 heterocycles. The van der Waals surface area contributed by atoms with Crippen LogP contribution in [0, 0.1) is 5.92 Å². The zero-order valence-electron chi connectivity index (χ0n) is 10.9. The monoisotopic (exact) mass is 318 g/mol. The summed E-state index contributed by atoms with van der Waals surface area (Å²) in [4.78, 5) is 11.0. The molecule has 1 fully saturated rings. The number of halogens is 1. The van der Waals surface area contributed by atoms with E-state index in [2.05, 4.69) is 0 Å². The Hall–Kier alpha value is -1.27. The van der Waals surface area contributed by atoms with Crippen LogP contribution in [0.1, 0.15) is 29.6 Å². The lowest BCUT2D eigenvalue weighted by Gasteiger charge is -2.25. The highest BCUT2D eigenvalue weighted by Crippen LogP contribution is 2.36. The normalized spacial score (nSPS) is 15.7. The number of carboxylic acid groups (broad SMARTS) is 1. The van der Waals surface area contributed by atoms with E-state index >= 15 is 0 Å². The molecule has 0 amide bonds. The van der Waals surface area contributed by atoms with E-state index in [9.17, 15) is 13.2 Å². The summed E-state index contributed by atoms with van der Waals surface area (Å²) >= 11 is 5.83. The third-order valence-corrected chi connectivity index (χ3v) is 5.57. The summed E-state index contributed by atoms with van der Waals surface area (Å²) in [5, 5.41) is 9.18. The van der Waals surface area contributed by atoms with Crippen LogP contribution in [-0.2, 0) is 9.84 Å². The second-order valence-electron chi connectivity index (χ2n) is 4.87. The Bertz CT molecular complexity index is 634. The molecule has 1 aliphatic rings. The number of benzene rings is 1. The van der Waals surface area contributed by atoms with Crippen LogP contribution in [0.25, 0.3) is 0 Å². The topological polar surface area (TPSA) is 80.7 Å². The fraction of sp³-hybridized carbons (Fsp3) is 0.462. The van der Waals surface area contributed by atoms with Crippen LogP contribution in [0.4, 0.5) is 0 Å². The summed E-state index contributed by atoms with van der Waals surface area (Å²) in [5.41, 5.74) is -0.243. The van der Waals surface area contributed by atoms with Crippen molar-refractivity contribution in [2.24, 2.45) is 5.92 Å². The van der Waals surface area contributed by atoms with Crippen LogP contribution in [0.5, 0.6) is 5.75 Å². The number of rotatable bonds is 5. The van der Waals surface area contributed by atoms with E-state index in [1.54, 1.807) is 0 Å². The fourth-order valence-electron chi connectivity index (χ4n) is 2.23. The van der Waals surface area contributed by atoms with Gasteiger partial charge in [0.1, 0.15) is 10.5 Å². The Balaban J connectivity index is 2.51. The Morgan fingerprint density at radius 1 is 1.45 bits per heavy atom. The first-order valence-electron chi connectivity index (χ1n) is 6.18. The molecule has 0 saturated heterocycles. The van der Waals surface area contributed by atoms with Gasteiger partial charge in [-0.25, -0.2) is 13.2 Å². The first-order valence-corrected chi connectivity index (χ1v) is 8.21. The second kappa shape index (κ2) is 5.61. The van der Waals surface area contributed by atoms with Crippen molar-refractivity contribution in [3.8, 4) is 5.75 Å². The van der Waals surface area contributed by atoms with Gasteiger partial charge in [0.2, 0.25) is 0 Å². The maximum Gasteiger partial charge on any atom is 0.339 e. The molecule has 0 bridgehead atoms. The highest BCUT2D eigenvalue weighted by Gasteiger charge is 2.30. The number of aromatic carboxylic acids is 1. The van der Waals surface area contributed by atoms with Gasteiger partial charge < -0.3 is 9.84 Å². The summed E-state index contributed by atoms with van der Waals surface area (Å²) in [6, 6.07) is 2.44. The van der Waals surface area contributed by atoms with Crippen LogP contribution in [0.3, 0.4) is 0 Å². The van der Waals surface area contributed by atoms with Gasteiger partial charge in [0, 0.05) is 5.02 Å². The predicted octanol–water partition coefficient (Wildman–Crippen LogP) is 2.62. The average Bonchev–Trinajstić information content (AvgIpc) is 2.33. The van der Waals surface area contributed by atoms with Gasteiger partial charge >= 0.3 is 5.97 Å². The van der Waals surface area contributed by atoms with Crippen molar-refractivity contribution in [3.05, 3.63) is 22.7 Å². The van der Waals surface area contributed by atoms with Crippen LogP contribution in [0.2, 0.25) is 5.02 Å². The third-order valence-electron chi connectivity index (χ3n) is 3.47. The maximum absolute atomic E-state index is 12.4. The second-order valence-corrected chi connectivity index (χ2v) is 7.31. The SMILES string of the molecule is COc1c(C(=O)O)cc(Cl)cc1S(=O)(=O)CC1CCC1. The molecular formula is C13H15ClO5S. The maximum atomic E-state index is 12.4. The first-order chi connectivity index (χ1) is 9.35. The van der Waals surface area contributed by atoms with Crippen LogP contribution < -0.4 is 4.74 Å². The molecule has 0 unspecified atom stereocenters. The lowest BCUT2D eigenvalue weighted by atomic mass is 9.87. The molecular weight excluding hydrogens is 304 g/mol. The molecule has 1 aromatic carbocycles. The van der Waals surface area contributed by atoms with Gasteiger partial charge in [-0.05, 0) is 30.9 Å². The predicted molar refractivity (Wildman–Crippen MR) is 74.4 cm³/mol. The Morgan fingerprint density at radius 2 is 2.10 bits per heavy atom. The molecule has 0 atom stereocenters. The molecule has 0 aromatic heterocycles. The molecule has 2 rings (SSSR count). The number of methoxy groups -OCH3 is 1. The summed E-state index contributed by atoms with van der Waals surface area (Å²) in [6.07, 6.45) is 2.80. The fourth-order valence-corrected chi connectivity index (χ4v) is 4.43. The zero-order chi connectivity index (χ0) is 14.9. The lowest BCUT2D eigenvalue weighted by Crippen LogP contribution is -2.23. The first kappa shape index (κ1) is 15.1. The molecule has 1 aliphatic carbocycles. The van der Waals surface area contributed by atoms with Crippen molar-refractivity contribution in [3.63, 3.8) is 0 Å². The molecule has 0 spiro atoms. The largest absolute Gasteiger partial charge is 0.494 e. The lowest BCUT2D eigenvalue weighted by molar-refractivity contribution is 0.0693. The van der Waals surface area contributed by atoms with Gasteiger partial charge in [0.15, 0.2) is 15.6 Å². The highest BCUT2D eigenvalue weighted by molar-refractivity contribution is 7.91. The highest BCUT2D eigenvalue weighted by atomic mass is 35.5. The van der Waals surface area contributed by atoms with Crippen molar-refractivity contribution < 1.29 is 23.1 Å². The van der Waals surface area contributed by atoms with Crippen LogP contribution in [0.15, 0.2) is 17.0 Å². The number of carbonyl (C=O) groups is 1. The van der Waals surface area contributed by atoms with E-state index < -0.39 is 15.8 Å². The van der Waals surface area contributed by atoms with Crippen LogP contribution in [-0.4, -0.2) is 32.4 Å². The van der Waals surface area contributed by atoms with Gasteiger partial charge in [-0.1, -0.05) is 18.0 Å². The number of carboxylic acids is 1. The molecule has 1 saturated carbocycles. The molecule has 0 aliphatic heterocycles. The van der Waals surface area contributed by atoms with Crippen molar-refractivity contribution in [1.82, 2.24) is 0 Å². The number of hydrogen-bond acceptors (Lipinski definition) is 4. The average molecular weight is 319 g/mol. The summed E-state index contributed by atoms with van der Waals surface area (Å²) in [6.45, 7) is 0. The van der Waals surface area contributed by atoms with Gasteiger partial charge in [-0.2, -0.15) is 0 Å². The smallest absolute Gasteiger partial charge is 0.339 e. The summed E-state index contributed by atoms with van der Waals surface area (Å²) in [5.74, 6) is -1.29. The van der Waals surface area contributed by atoms with E-state index in [1.165, 1.54) is 19.2 Å². The molecule has 110 valence electrons. The standard InChI is InChI=1S/C13H15ClO5S/c1-19-12-10(13(15)16)5-9(14)6-11(12)20(17,18)7-8-3-2-4-8/h5-6,8H,2-4,7H2,1H3,(H,15,16). The Morgan fingerprint density at radius 3 is 2.55 bits per heavy atom. The number of ether oxygens (including phenoxy) is 1. The van der Waals surface area contributed by atoms with E-state index in [-0.39, 0.29) is 32.9 Å². The van der Waals surface area contributed by atoms with Crippen molar-refractivity contribution in [1.29, 1.82) is 0 Å². The van der Waals surface area contributed by atoms with Crippen molar-refractivity contribution in [2.75, 3.05) is 12.9 Å². The Kier molecular flexibility index (Phi) is 4.25. The summed E-state index contributed by atoms with van der Waals surface area (Å²) in [7, 11) is -2.37. The van der Waals surface area contributed by atoms with E-state index in [0.29, 0.717) is 0 Å². The molecule has 1 N–H and O–H groups in total. The van der Waals surface area contributed by atoms with Gasteiger partial charge in [0.25, 0.3) is 0 Å². The van der Waals surface area contributed by atoms with Crippen molar-refractivity contribution in [2.45, 2.75) is 24.2 Å². The van der Waals surface area contributed by atoms with Gasteiger partial charge in [0.05, 0.1) is 12.9 Å². The van der Waals surface area contributed by atoms with E-state index in [4.69, 9.17) is 21.4 Å². The van der Waals surface area contributed by atoms with Crippen molar-refractivity contribution >= 4 is 27.4 Å². The quantitative estimate of drug-likeness (QED) is 0.902. The number of hydrogen-bond donors (Lipinski definition) is 1. The Labute approximate surface area is 122 Å². The minimum absolute atomic E-state index is 0.00274.